The maximum atomic E-state index is 11.6. The van der Waals surface area contributed by atoms with Gasteiger partial charge >= 0.3 is 0 Å². The number of aliphatic hydroxyl groups is 1. The third-order valence-corrected chi connectivity index (χ3v) is 3.57. The molecule has 0 aromatic heterocycles. The molecule has 4 nitrogen and oxygen atoms in total. The molecule has 0 saturated heterocycles. The van der Waals surface area contributed by atoms with Crippen LogP contribution in [0.15, 0.2) is 24.3 Å². The number of aryl methyl sites for hydroxylation is 1. The molecule has 1 aromatic rings. The van der Waals surface area contributed by atoms with Crippen LogP contribution in [0.25, 0.3) is 0 Å². The molecule has 1 amide bonds. The summed E-state index contributed by atoms with van der Waals surface area (Å²) in [7, 11) is 0. The molecule has 0 spiro atoms. The van der Waals surface area contributed by atoms with Crippen molar-refractivity contribution in [2.24, 2.45) is 5.41 Å². The first-order valence-corrected chi connectivity index (χ1v) is 6.30. The summed E-state index contributed by atoms with van der Waals surface area (Å²) >= 11 is 0. The van der Waals surface area contributed by atoms with Crippen LogP contribution in [-0.4, -0.2) is 29.3 Å². The van der Waals surface area contributed by atoms with Crippen molar-refractivity contribution in [2.45, 2.75) is 25.7 Å². The van der Waals surface area contributed by atoms with E-state index < -0.39 is 0 Å². The number of benzene rings is 1. The second kappa shape index (κ2) is 5.40. The highest BCUT2D eigenvalue weighted by Crippen LogP contribution is 2.44. The van der Waals surface area contributed by atoms with Crippen molar-refractivity contribution in [1.82, 2.24) is 5.32 Å². The second-order valence-corrected chi connectivity index (χ2v) is 5.06. The Morgan fingerprint density at radius 2 is 2.06 bits per heavy atom. The molecule has 0 unspecified atom stereocenters. The Hall–Kier alpha value is -1.55. The van der Waals surface area contributed by atoms with Gasteiger partial charge in [0.25, 0.3) is 0 Å². The van der Waals surface area contributed by atoms with Crippen LogP contribution in [0.4, 0.5) is 0 Å². The van der Waals surface area contributed by atoms with Crippen molar-refractivity contribution in [3.63, 3.8) is 0 Å². The first kappa shape index (κ1) is 12.9. The average molecular weight is 249 g/mol. The van der Waals surface area contributed by atoms with Gasteiger partial charge < -0.3 is 15.5 Å². The zero-order valence-electron chi connectivity index (χ0n) is 10.4. The van der Waals surface area contributed by atoms with Crippen molar-refractivity contribution >= 4 is 5.91 Å². The first-order chi connectivity index (χ1) is 8.65. The monoisotopic (exact) mass is 249 g/mol. The Kier molecular flexibility index (Phi) is 3.87. The normalized spacial score (nSPS) is 16.3. The van der Waals surface area contributed by atoms with Gasteiger partial charge in [0, 0.05) is 18.4 Å². The molecule has 4 heteroatoms. The van der Waals surface area contributed by atoms with Gasteiger partial charge in [-0.1, -0.05) is 18.2 Å². The Balaban J connectivity index is 1.74. The Labute approximate surface area is 107 Å². The second-order valence-electron chi connectivity index (χ2n) is 5.06. The van der Waals surface area contributed by atoms with Gasteiger partial charge in [0.15, 0.2) is 0 Å². The average Bonchev–Trinajstić information content (AvgIpc) is 3.16. The minimum atomic E-state index is -0.0510. The Morgan fingerprint density at radius 1 is 1.33 bits per heavy atom. The minimum Gasteiger partial charge on any atom is -0.508 e. The molecule has 1 fully saturated rings. The summed E-state index contributed by atoms with van der Waals surface area (Å²) in [5.74, 6) is 0.206. The van der Waals surface area contributed by atoms with E-state index in [9.17, 15) is 9.90 Å². The van der Waals surface area contributed by atoms with E-state index in [1.54, 1.807) is 12.1 Å². The van der Waals surface area contributed by atoms with Crippen molar-refractivity contribution in [2.75, 3.05) is 13.2 Å². The lowest BCUT2D eigenvalue weighted by Crippen LogP contribution is -2.31. The smallest absolute Gasteiger partial charge is 0.220 e. The van der Waals surface area contributed by atoms with Crippen LogP contribution in [0.1, 0.15) is 24.8 Å². The van der Waals surface area contributed by atoms with Crippen LogP contribution in [-0.2, 0) is 11.2 Å². The van der Waals surface area contributed by atoms with Crippen LogP contribution in [0.5, 0.6) is 5.75 Å². The lowest BCUT2D eigenvalue weighted by Gasteiger charge is -2.12. The topological polar surface area (TPSA) is 69.6 Å². The Morgan fingerprint density at radius 3 is 2.67 bits per heavy atom. The highest BCUT2D eigenvalue weighted by Gasteiger charge is 2.41. The van der Waals surface area contributed by atoms with Gasteiger partial charge in [-0.15, -0.1) is 0 Å². The number of aromatic hydroxyl groups is 1. The molecule has 0 atom stereocenters. The molecule has 0 aliphatic heterocycles. The molecule has 18 heavy (non-hydrogen) atoms. The van der Waals surface area contributed by atoms with Gasteiger partial charge in [-0.25, -0.2) is 0 Å². The molecule has 1 aliphatic carbocycles. The molecule has 0 bridgehead atoms. The number of aliphatic hydroxyl groups excluding tert-OH is 1. The molecular weight excluding hydrogens is 230 g/mol. The van der Waals surface area contributed by atoms with E-state index >= 15 is 0 Å². The van der Waals surface area contributed by atoms with E-state index in [0.29, 0.717) is 19.4 Å². The number of carbonyl (C=O) groups excluding carboxylic acids is 1. The van der Waals surface area contributed by atoms with E-state index in [-0.39, 0.29) is 23.7 Å². The third-order valence-electron chi connectivity index (χ3n) is 3.57. The summed E-state index contributed by atoms with van der Waals surface area (Å²) in [6.07, 6.45) is 2.87. The zero-order valence-corrected chi connectivity index (χ0v) is 10.4. The number of phenolic OH excluding ortho intramolecular Hbond substituents is 1. The van der Waals surface area contributed by atoms with Crippen molar-refractivity contribution in [3.8, 4) is 5.75 Å². The van der Waals surface area contributed by atoms with Crippen LogP contribution < -0.4 is 5.32 Å². The summed E-state index contributed by atoms with van der Waals surface area (Å²) in [6.45, 7) is 0.704. The predicted octanol–water partition coefficient (Wildman–Crippen LogP) is 1.21. The molecule has 1 saturated carbocycles. The van der Waals surface area contributed by atoms with Gasteiger partial charge in [0.2, 0.25) is 5.91 Å². The van der Waals surface area contributed by atoms with Crippen LogP contribution in [0.2, 0.25) is 0 Å². The fourth-order valence-electron chi connectivity index (χ4n) is 1.91. The summed E-state index contributed by atoms with van der Waals surface area (Å²) in [6, 6.07) is 7.05. The number of nitrogens with one attached hydrogen (secondary N) is 1. The van der Waals surface area contributed by atoms with E-state index in [0.717, 1.165) is 18.4 Å². The molecular formula is C14H19NO3. The molecule has 0 heterocycles. The third kappa shape index (κ3) is 3.23. The summed E-state index contributed by atoms with van der Waals surface area (Å²) < 4.78 is 0. The van der Waals surface area contributed by atoms with Crippen LogP contribution in [0.3, 0.4) is 0 Å². The SMILES string of the molecule is O=C(CCc1ccccc1O)NCC1(CO)CC1. The number of hydrogen-bond acceptors (Lipinski definition) is 3. The molecule has 2 rings (SSSR count). The quantitative estimate of drug-likeness (QED) is 0.710. The molecule has 98 valence electrons. The number of rotatable bonds is 6. The zero-order chi connectivity index (χ0) is 13.0. The fraction of sp³-hybridized carbons (Fsp3) is 0.500. The lowest BCUT2D eigenvalue weighted by atomic mass is 10.1. The van der Waals surface area contributed by atoms with Crippen molar-refractivity contribution in [1.29, 1.82) is 0 Å². The fourth-order valence-corrected chi connectivity index (χ4v) is 1.91. The maximum Gasteiger partial charge on any atom is 0.220 e. The summed E-state index contributed by atoms with van der Waals surface area (Å²) in [4.78, 5) is 11.6. The number of phenols is 1. The van der Waals surface area contributed by atoms with Gasteiger partial charge in [-0.3, -0.25) is 4.79 Å². The van der Waals surface area contributed by atoms with Gasteiger partial charge in [-0.05, 0) is 30.9 Å². The number of carbonyl (C=O) groups is 1. The molecule has 1 aromatic carbocycles. The highest BCUT2D eigenvalue weighted by atomic mass is 16.3. The van der Waals surface area contributed by atoms with E-state index in [2.05, 4.69) is 5.32 Å². The summed E-state index contributed by atoms with van der Waals surface area (Å²) in [5, 5.41) is 21.5. The highest BCUT2D eigenvalue weighted by molar-refractivity contribution is 5.76. The van der Waals surface area contributed by atoms with E-state index in [1.165, 1.54) is 0 Å². The first-order valence-electron chi connectivity index (χ1n) is 6.30. The lowest BCUT2D eigenvalue weighted by molar-refractivity contribution is -0.121. The molecule has 1 aliphatic rings. The van der Waals surface area contributed by atoms with E-state index in [1.807, 2.05) is 12.1 Å². The minimum absolute atomic E-state index is 0.0296. The predicted molar refractivity (Wildman–Crippen MR) is 68.2 cm³/mol. The maximum absolute atomic E-state index is 11.6. The number of hydrogen-bond donors (Lipinski definition) is 3. The van der Waals surface area contributed by atoms with Crippen molar-refractivity contribution in [3.05, 3.63) is 29.8 Å². The van der Waals surface area contributed by atoms with Gasteiger partial charge in [0.05, 0.1) is 6.61 Å². The van der Waals surface area contributed by atoms with Crippen molar-refractivity contribution < 1.29 is 15.0 Å². The Bertz CT molecular complexity index is 427. The van der Waals surface area contributed by atoms with Gasteiger partial charge in [-0.2, -0.15) is 0 Å². The molecule has 0 radical (unpaired) electrons. The van der Waals surface area contributed by atoms with Gasteiger partial charge in [0.1, 0.15) is 5.75 Å². The number of para-hydroxylation sites is 1. The largest absolute Gasteiger partial charge is 0.508 e. The number of amides is 1. The van der Waals surface area contributed by atoms with Crippen LogP contribution >= 0.6 is 0 Å². The molecule has 3 N–H and O–H groups in total. The van der Waals surface area contributed by atoms with Crippen LogP contribution in [0, 0.1) is 5.41 Å². The summed E-state index contributed by atoms with van der Waals surface area (Å²) in [5.41, 5.74) is 0.737. The standard InChI is InChI=1S/C14H19NO3/c16-10-14(7-8-14)9-15-13(18)6-5-11-3-1-2-4-12(11)17/h1-4,16-17H,5-10H2,(H,15,18). The van der Waals surface area contributed by atoms with E-state index in [4.69, 9.17) is 5.11 Å².